The Hall–Kier alpha value is -2.08. The Bertz CT molecular complexity index is 998. The molecule has 3 aromatic rings. The summed E-state index contributed by atoms with van der Waals surface area (Å²) in [6.07, 6.45) is 2.56. The molecule has 4 rings (SSSR count). The summed E-state index contributed by atoms with van der Waals surface area (Å²) >= 11 is 12.2. The molecule has 7 heteroatoms. The minimum atomic E-state index is -2.38. The number of aromatic nitrogens is 1. The van der Waals surface area contributed by atoms with E-state index >= 15 is 0 Å². The standard InChI is InChI=1S/C20H16Cl2FN.C5H9F2N/c1-13(14-4-6-19(23)7-5-14)9-15-3-2-8-24-20(15)16-10-17(21)12-18(22)11-16;6-5(7)1-3-8-4-2-5/h2-8,10-13H,9H2,1H3;8H,1-4H2. The topological polar surface area (TPSA) is 24.9 Å². The number of alkyl halides is 2. The minimum absolute atomic E-state index is 0.00694. The van der Waals surface area contributed by atoms with E-state index in [-0.39, 0.29) is 24.6 Å². The molecule has 1 atom stereocenters. The zero-order valence-electron chi connectivity index (χ0n) is 17.7. The summed E-state index contributed by atoms with van der Waals surface area (Å²) in [4.78, 5) is 4.51. The molecule has 2 nitrogen and oxygen atoms in total. The number of pyridine rings is 1. The molecule has 1 aliphatic rings. The van der Waals surface area contributed by atoms with Crippen molar-refractivity contribution < 1.29 is 13.2 Å². The first-order chi connectivity index (χ1) is 15.2. The van der Waals surface area contributed by atoms with Gasteiger partial charge in [0.25, 0.3) is 5.92 Å². The molecule has 170 valence electrons. The molecule has 0 aliphatic carbocycles. The van der Waals surface area contributed by atoms with Gasteiger partial charge in [0.05, 0.1) is 5.69 Å². The lowest BCUT2D eigenvalue weighted by molar-refractivity contribution is -0.0274. The second kappa shape index (κ2) is 11.2. The molecule has 1 aromatic heterocycles. The van der Waals surface area contributed by atoms with E-state index in [2.05, 4.69) is 23.3 Å². The van der Waals surface area contributed by atoms with Crippen LogP contribution in [0.2, 0.25) is 10.0 Å². The normalized spacial score (nSPS) is 16.1. The number of benzene rings is 2. The predicted molar refractivity (Wildman–Crippen MR) is 125 cm³/mol. The van der Waals surface area contributed by atoms with Crippen molar-refractivity contribution in [3.8, 4) is 11.3 Å². The Balaban J connectivity index is 0.000000305. The maximum Gasteiger partial charge on any atom is 0.250 e. The molecule has 0 spiro atoms. The van der Waals surface area contributed by atoms with Crippen LogP contribution in [0.15, 0.2) is 60.8 Å². The highest BCUT2D eigenvalue weighted by molar-refractivity contribution is 6.35. The van der Waals surface area contributed by atoms with E-state index in [1.807, 2.05) is 30.3 Å². The van der Waals surface area contributed by atoms with Crippen molar-refractivity contribution >= 4 is 23.2 Å². The molecule has 1 saturated heterocycles. The van der Waals surface area contributed by atoms with Gasteiger partial charge in [-0.25, -0.2) is 13.2 Å². The van der Waals surface area contributed by atoms with Gasteiger partial charge in [-0.2, -0.15) is 0 Å². The van der Waals surface area contributed by atoms with Crippen molar-refractivity contribution in [1.82, 2.24) is 10.3 Å². The summed E-state index contributed by atoms with van der Waals surface area (Å²) in [7, 11) is 0. The van der Waals surface area contributed by atoms with Crippen molar-refractivity contribution in [2.45, 2.75) is 38.0 Å². The van der Waals surface area contributed by atoms with E-state index < -0.39 is 5.92 Å². The number of hydrogen-bond acceptors (Lipinski definition) is 2. The summed E-state index contributed by atoms with van der Waals surface area (Å²) in [6.45, 7) is 3.05. The van der Waals surface area contributed by atoms with Crippen molar-refractivity contribution in [2.24, 2.45) is 0 Å². The molecule has 0 radical (unpaired) electrons. The second-order valence-electron chi connectivity index (χ2n) is 7.93. The molecule has 2 aromatic carbocycles. The fourth-order valence-corrected chi connectivity index (χ4v) is 4.11. The van der Waals surface area contributed by atoms with Crippen LogP contribution in [0, 0.1) is 5.82 Å². The average Bonchev–Trinajstić information content (AvgIpc) is 2.74. The van der Waals surface area contributed by atoms with Crippen LogP contribution < -0.4 is 5.32 Å². The van der Waals surface area contributed by atoms with E-state index in [4.69, 9.17) is 23.2 Å². The van der Waals surface area contributed by atoms with Gasteiger partial charge in [-0.15, -0.1) is 0 Å². The van der Waals surface area contributed by atoms with Crippen LogP contribution in [0.1, 0.15) is 36.8 Å². The third-order valence-corrected chi connectivity index (χ3v) is 5.76. The van der Waals surface area contributed by atoms with Crippen LogP contribution in [0.5, 0.6) is 0 Å². The van der Waals surface area contributed by atoms with Gasteiger partial charge < -0.3 is 5.32 Å². The summed E-state index contributed by atoms with van der Waals surface area (Å²) < 4.78 is 37.4. The molecular formula is C25H25Cl2F3N2. The average molecular weight is 481 g/mol. The number of nitrogens with zero attached hydrogens (tertiary/aromatic N) is 1. The lowest BCUT2D eigenvalue weighted by Crippen LogP contribution is -2.35. The highest BCUT2D eigenvalue weighted by Gasteiger charge is 2.30. The van der Waals surface area contributed by atoms with Gasteiger partial charge in [0.2, 0.25) is 0 Å². The van der Waals surface area contributed by atoms with Crippen molar-refractivity contribution in [3.63, 3.8) is 0 Å². The molecule has 1 unspecified atom stereocenters. The minimum Gasteiger partial charge on any atom is -0.316 e. The van der Waals surface area contributed by atoms with Gasteiger partial charge in [0.1, 0.15) is 5.82 Å². The molecule has 1 N–H and O–H groups in total. The lowest BCUT2D eigenvalue weighted by atomic mass is 9.91. The fraction of sp³-hybridized carbons (Fsp3) is 0.320. The smallest absolute Gasteiger partial charge is 0.250 e. The van der Waals surface area contributed by atoms with Crippen molar-refractivity contribution in [2.75, 3.05) is 13.1 Å². The maximum absolute atomic E-state index is 13.1. The molecule has 2 heterocycles. The van der Waals surface area contributed by atoms with Crippen molar-refractivity contribution in [1.29, 1.82) is 0 Å². The van der Waals surface area contributed by atoms with Gasteiger partial charge in [-0.3, -0.25) is 4.98 Å². The SMILES string of the molecule is CC(Cc1cccnc1-c1cc(Cl)cc(Cl)c1)c1ccc(F)cc1.FC1(F)CCNCC1. The number of hydrogen-bond donors (Lipinski definition) is 1. The molecular weight excluding hydrogens is 456 g/mol. The largest absolute Gasteiger partial charge is 0.316 e. The highest BCUT2D eigenvalue weighted by Crippen LogP contribution is 2.31. The van der Waals surface area contributed by atoms with Crippen LogP contribution in [-0.4, -0.2) is 24.0 Å². The van der Waals surface area contributed by atoms with E-state index in [9.17, 15) is 13.2 Å². The third kappa shape index (κ3) is 7.22. The van der Waals surface area contributed by atoms with Gasteiger partial charge in [0, 0.05) is 47.7 Å². The molecule has 0 saturated carbocycles. The first kappa shape index (κ1) is 24.6. The molecule has 0 amide bonds. The van der Waals surface area contributed by atoms with E-state index in [1.165, 1.54) is 12.1 Å². The lowest BCUT2D eigenvalue weighted by Gasteiger charge is -2.21. The van der Waals surface area contributed by atoms with Crippen molar-refractivity contribution in [3.05, 3.63) is 87.8 Å². The molecule has 1 fully saturated rings. The molecule has 0 bridgehead atoms. The number of rotatable bonds is 4. The summed E-state index contributed by atoms with van der Waals surface area (Å²) in [5.74, 6) is -2.37. The zero-order chi connectivity index (χ0) is 23.1. The fourth-order valence-electron chi connectivity index (χ4n) is 3.59. The summed E-state index contributed by atoms with van der Waals surface area (Å²) in [5, 5.41) is 4.03. The monoisotopic (exact) mass is 480 g/mol. The molecule has 1 aliphatic heterocycles. The first-order valence-corrected chi connectivity index (χ1v) is 11.2. The Morgan fingerprint density at radius 2 is 1.62 bits per heavy atom. The number of halogens is 5. The van der Waals surface area contributed by atoms with Gasteiger partial charge >= 0.3 is 0 Å². The summed E-state index contributed by atoms with van der Waals surface area (Å²) in [6, 6.07) is 16.0. The van der Waals surface area contributed by atoms with Crippen LogP contribution in [0.25, 0.3) is 11.3 Å². The van der Waals surface area contributed by atoms with Crippen LogP contribution >= 0.6 is 23.2 Å². The number of piperidine rings is 1. The van der Waals surface area contributed by atoms with Gasteiger partial charge in [-0.1, -0.05) is 48.3 Å². The third-order valence-electron chi connectivity index (χ3n) is 5.33. The second-order valence-corrected chi connectivity index (χ2v) is 8.80. The van der Waals surface area contributed by atoms with Gasteiger partial charge in [0.15, 0.2) is 0 Å². The molecule has 32 heavy (non-hydrogen) atoms. The van der Waals surface area contributed by atoms with Crippen LogP contribution in [0.3, 0.4) is 0 Å². The van der Waals surface area contributed by atoms with Gasteiger partial charge in [-0.05, 0) is 59.9 Å². The van der Waals surface area contributed by atoms with E-state index in [1.54, 1.807) is 12.3 Å². The van der Waals surface area contributed by atoms with E-state index in [0.717, 1.165) is 28.8 Å². The van der Waals surface area contributed by atoms with Crippen LogP contribution in [0.4, 0.5) is 13.2 Å². The Morgan fingerprint density at radius 3 is 2.19 bits per heavy atom. The Kier molecular flexibility index (Phi) is 8.57. The quantitative estimate of drug-likeness (QED) is 0.416. The van der Waals surface area contributed by atoms with Crippen LogP contribution in [-0.2, 0) is 6.42 Å². The van der Waals surface area contributed by atoms with E-state index in [0.29, 0.717) is 23.1 Å². The predicted octanol–water partition coefficient (Wildman–Crippen LogP) is 7.55. The first-order valence-electron chi connectivity index (χ1n) is 10.5. The highest BCUT2D eigenvalue weighted by atomic mass is 35.5. The number of nitrogens with one attached hydrogen (secondary N) is 1. The Morgan fingerprint density at radius 1 is 1.00 bits per heavy atom. The maximum atomic E-state index is 13.1. The zero-order valence-corrected chi connectivity index (χ0v) is 19.2. The summed E-state index contributed by atoms with van der Waals surface area (Å²) in [5.41, 5.74) is 3.97. The Labute approximate surface area is 196 Å².